The van der Waals surface area contributed by atoms with Crippen molar-refractivity contribution in [2.75, 3.05) is 19.6 Å². The van der Waals surface area contributed by atoms with Gasteiger partial charge in [0.2, 0.25) is 0 Å². The summed E-state index contributed by atoms with van der Waals surface area (Å²) in [5, 5.41) is 10.4. The molecule has 1 N–H and O–H groups in total. The van der Waals surface area contributed by atoms with Crippen LogP contribution in [0, 0.1) is 5.92 Å². The predicted molar refractivity (Wildman–Crippen MR) is 82.9 cm³/mol. The second kappa shape index (κ2) is 6.41. The van der Waals surface area contributed by atoms with Crippen molar-refractivity contribution in [1.29, 1.82) is 0 Å². The highest BCUT2D eigenvalue weighted by Crippen LogP contribution is 2.28. The molecule has 1 fully saturated rings. The Labute approximate surface area is 126 Å². The maximum Gasteiger partial charge on any atom is 0.0949 e. The Balaban J connectivity index is 1.64. The van der Waals surface area contributed by atoms with Gasteiger partial charge in [0, 0.05) is 31.5 Å². The quantitative estimate of drug-likeness (QED) is 0.938. The minimum Gasteiger partial charge on any atom is -0.387 e. The van der Waals surface area contributed by atoms with Crippen LogP contribution < -0.4 is 0 Å². The zero-order chi connectivity index (χ0) is 14.7. The third-order valence-electron chi connectivity index (χ3n) is 4.53. The maximum absolute atomic E-state index is 10.4. The van der Waals surface area contributed by atoms with Gasteiger partial charge in [-0.25, -0.2) is 4.98 Å². The summed E-state index contributed by atoms with van der Waals surface area (Å²) in [7, 11) is 0. The molecule has 0 bridgehead atoms. The van der Waals surface area contributed by atoms with Crippen molar-refractivity contribution in [2.45, 2.75) is 25.5 Å². The number of hydrogen-bond acceptors (Lipinski definition) is 3. The summed E-state index contributed by atoms with van der Waals surface area (Å²) in [6.45, 7) is 5.02. The van der Waals surface area contributed by atoms with Crippen LogP contribution in [-0.2, 0) is 0 Å². The van der Waals surface area contributed by atoms with E-state index in [0.29, 0.717) is 18.5 Å². The standard InChI is InChI=1S/C17H23N3O/c1-14-7-9-19(11-16(14)20-10-8-18-13-20)12-17(21)15-5-3-2-4-6-15/h2-6,8,10,13-14,16-17,21H,7,9,11-12H2,1H3. The van der Waals surface area contributed by atoms with Gasteiger partial charge in [-0.05, 0) is 24.4 Å². The maximum atomic E-state index is 10.4. The molecular formula is C17H23N3O. The zero-order valence-electron chi connectivity index (χ0n) is 12.5. The van der Waals surface area contributed by atoms with Gasteiger partial charge >= 0.3 is 0 Å². The first kappa shape index (κ1) is 14.3. The molecule has 112 valence electrons. The first-order chi connectivity index (χ1) is 10.2. The molecule has 2 aromatic rings. The fourth-order valence-corrected chi connectivity index (χ4v) is 3.16. The zero-order valence-corrected chi connectivity index (χ0v) is 12.5. The van der Waals surface area contributed by atoms with Gasteiger partial charge in [-0.2, -0.15) is 0 Å². The SMILES string of the molecule is CC1CCN(CC(O)c2ccccc2)CC1n1ccnc1. The molecule has 3 atom stereocenters. The fourth-order valence-electron chi connectivity index (χ4n) is 3.16. The molecule has 4 heteroatoms. The third kappa shape index (κ3) is 3.34. The van der Waals surface area contributed by atoms with Gasteiger partial charge in [0.25, 0.3) is 0 Å². The number of imidazole rings is 1. The van der Waals surface area contributed by atoms with E-state index in [0.717, 1.165) is 25.1 Å². The van der Waals surface area contributed by atoms with Crippen molar-refractivity contribution in [3.8, 4) is 0 Å². The smallest absolute Gasteiger partial charge is 0.0949 e. The number of benzene rings is 1. The first-order valence-corrected chi connectivity index (χ1v) is 7.67. The topological polar surface area (TPSA) is 41.3 Å². The minimum atomic E-state index is -0.414. The summed E-state index contributed by atoms with van der Waals surface area (Å²) in [6.07, 6.45) is 6.52. The van der Waals surface area contributed by atoms with Crippen molar-refractivity contribution in [3.63, 3.8) is 0 Å². The predicted octanol–water partition coefficient (Wildman–Crippen LogP) is 2.50. The summed E-state index contributed by atoms with van der Waals surface area (Å²) in [4.78, 5) is 6.52. The highest BCUT2D eigenvalue weighted by molar-refractivity contribution is 5.17. The van der Waals surface area contributed by atoms with Crippen LogP contribution in [0.15, 0.2) is 49.1 Å². The van der Waals surface area contributed by atoms with E-state index in [1.54, 1.807) is 0 Å². The summed E-state index contributed by atoms with van der Waals surface area (Å²) in [6, 6.07) is 10.4. The molecule has 3 rings (SSSR count). The highest BCUT2D eigenvalue weighted by atomic mass is 16.3. The van der Waals surface area contributed by atoms with E-state index in [9.17, 15) is 5.11 Å². The molecule has 1 aliphatic rings. The van der Waals surface area contributed by atoms with E-state index >= 15 is 0 Å². The van der Waals surface area contributed by atoms with E-state index in [4.69, 9.17) is 0 Å². The van der Waals surface area contributed by atoms with Crippen LogP contribution in [-0.4, -0.2) is 39.2 Å². The van der Waals surface area contributed by atoms with E-state index in [2.05, 4.69) is 21.4 Å². The Bertz CT molecular complexity index is 540. The lowest BCUT2D eigenvalue weighted by Crippen LogP contribution is -2.42. The van der Waals surface area contributed by atoms with Gasteiger partial charge in [0.05, 0.1) is 12.4 Å². The number of aliphatic hydroxyl groups excluding tert-OH is 1. The lowest BCUT2D eigenvalue weighted by molar-refractivity contribution is 0.0686. The third-order valence-corrected chi connectivity index (χ3v) is 4.53. The van der Waals surface area contributed by atoms with Crippen molar-refractivity contribution in [1.82, 2.24) is 14.5 Å². The lowest BCUT2D eigenvalue weighted by atomic mass is 9.93. The highest BCUT2D eigenvalue weighted by Gasteiger charge is 2.28. The summed E-state index contributed by atoms with van der Waals surface area (Å²) >= 11 is 0. The Morgan fingerprint density at radius 1 is 1.33 bits per heavy atom. The summed E-state index contributed by atoms with van der Waals surface area (Å²) in [5.41, 5.74) is 0.996. The average Bonchev–Trinajstić information content (AvgIpc) is 3.04. The molecule has 0 aliphatic carbocycles. The Morgan fingerprint density at radius 2 is 2.14 bits per heavy atom. The molecular weight excluding hydrogens is 262 g/mol. The van der Waals surface area contributed by atoms with Gasteiger partial charge in [-0.3, -0.25) is 4.90 Å². The van der Waals surface area contributed by atoms with Crippen LogP contribution >= 0.6 is 0 Å². The van der Waals surface area contributed by atoms with Crippen LogP contribution in [0.25, 0.3) is 0 Å². The average molecular weight is 285 g/mol. The molecule has 1 aliphatic heterocycles. The van der Waals surface area contributed by atoms with Crippen molar-refractivity contribution < 1.29 is 5.11 Å². The van der Waals surface area contributed by atoms with Crippen LogP contribution in [0.2, 0.25) is 0 Å². The number of aromatic nitrogens is 2. The van der Waals surface area contributed by atoms with Gasteiger partial charge in [0.1, 0.15) is 0 Å². The number of likely N-dealkylation sites (tertiary alicyclic amines) is 1. The second-order valence-corrected chi connectivity index (χ2v) is 6.03. The number of nitrogens with zero attached hydrogens (tertiary/aromatic N) is 3. The van der Waals surface area contributed by atoms with Crippen LogP contribution in [0.1, 0.15) is 31.1 Å². The normalized spacial score (nSPS) is 24.9. The van der Waals surface area contributed by atoms with Crippen molar-refractivity contribution >= 4 is 0 Å². The Morgan fingerprint density at radius 3 is 2.86 bits per heavy atom. The number of rotatable bonds is 4. The summed E-state index contributed by atoms with van der Waals surface area (Å²) < 4.78 is 2.20. The molecule has 4 nitrogen and oxygen atoms in total. The first-order valence-electron chi connectivity index (χ1n) is 7.67. The van der Waals surface area contributed by atoms with Crippen molar-refractivity contribution in [3.05, 3.63) is 54.6 Å². The van der Waals surface area contributed by atoms with Gasteiger partial charge in [-0.1, -0.05) is 37.3 Å². The van der Waals surface area contributed by atoms with E-state index in [-0.39, 0.29) is 0 Å². The molecule has 1 aromatic carbocycles. The van der Waals surface area contributed by atoms with Gasteiger partial charge < -0.3 is 9.67 Å². The molecule has 2 heterocycles. The monoisotopic (exact) mass is 285 g/mol. The number of aliphatic hydroxyl groups is 1. The molecule has 0 spiro atoms. The van der Waals surface area contributed by atoms with Crippen molar-refractivity contribution in [2.24, 2.45) is 5.92 Å². The van der Waals surface area contributed by atoms with E-state index < -0.39 is 6.10 Å². The van der Waals surface area contributed by atoms with Crippen LogP contribution in [0.5, 0.6) is 0 Å². The second-order valence-electron chi connectivity index (χ2n) is 6.03. The Hall–Kier alpha value is -1.65. The van der Waals surface area contributed by atoms with Gasteiger partial charge in [0.15, 0.2) is 0 Å². The lowest BCUT2D eigenvalue weighted by Gasteiger charge is -2.38. The number of hydrogen-bond donors (Lipinski definition) is 1. The summed E-state index contributed by atoms with van der Waals surface area (Å²) in [5.74, 6) is 0.643. The fraction of sp³-hybridized carbons (Fsp3) is 0.471. The molecule has 0 amide bonds. The molecule has 3 unspecified atom stereocenters. The largest absolute Gasteiger partial charge is 0.387 e. The number of piperidine rings is 1. The Kier molecular flexibility index (Phi) is 4.36. The molecule has 1 aromatic heterocycles. The molecule has 1 saturated heterocycles. The number of β-amino-alcohol motifs (C(OH)–C–C–N with tert-alkyl or cyclic N) is 1. The van der Waals surface area contributed by atoms with Gasteiger partial charge in [-0.15, -0.1) is 0 Å². The van der Waals surface area contributed by atoms with E-state index in [1.165, 1.54) is 0 Å². The van der Waals surface area contributed by atoms with Crippen LogP contribution in [0.4, 0.5) is 0 Å². The van der Waals surface area contributed by atoms with E-state index in [1.807, 2.05) is 49.1 Å². The minimum absolute atomic E-state index is 0.414. The molecule has 0 radical (unpaired) electrons. The molecule has 21 heavy (non-hydrogen) atoms. The molecule has 0 saturated carbocycles. The van der Waals surface area contributed by atoms with Crippen LogP contribution in [0.3, 0.4) is 0 Å².